The summed E-state index contributed by atoms with van der Waals surface area (Å²) in [5.74, 6) is -0.261. The first kappa shape index (κ1) is 16.4. The summed E-state index contributed by atoms with van der Waals surface area (Å²) in [6.07, 6.45) is 3.37. The molecular weight excluding hydrogens is 302 g/mol. The second kappa shape index (κ2) is 7.84. The Kier molecular flexibility index (Phi) is 5.83. The number of nitrogens with one attached hydrogen (secondary N) is 1. The number of nitrogens with zero attached hydrogens (tertiary/aromatic N) is 2. The number of carbonyl (C=O) groups excluding carboxylic acids is 2. The molecule has 7 heteroatoms. The number of hydrogen-bond donors (Lipinski definition) is 2. The highest BCUT2D eigenvalue weighted by Crippen LogP contribution is 2.22. The van der Waals surface area contributed by atoms with Crippen molar-refractivity contribution in [2.45, 2.75) is 17.7 Å². The minimum absolute atomic E-state index is 0.0769. The van der Waals surface area contributed by atoms with E-state index in [1.807, 2.05) is 0 Å². The van der Waals surface area contributed by atoms with Crippen LogP contribution in [0.5, 0.6) is 0 Å². The van der Waals surface area contributed by atoms with Gasteiger partial charge in [-0.2, -0.15) is 12.6 Å². The van der Waals surface area contributed by atoms with Gasteiger partial charge in [-0.05, 0) is 18.6 Å². The summed E-state index contributed by atoms with van der Waals surface area (Å²) >= 11 is 4.42. The van der Waals surface area contributed by atoms with Crippen LogP contribution in [0.4, 0.5) is 4.79 Å². The number of aromatic nitrogens is 1. The molecule has 0 unspecified atom stereocenters. The van der Waals surface area contributed by atoms with E-state index in [-0.39, 0.29) is 23.8 Å². The predicted octanol–water partition coefficient (Wildman–Crippen LogP) is 1.51. The summed E-state index contributed by atoms with van der Waals surface area (Å²) < 4.78 is 5.06. The normalized spacial score (nSPS) is 20.5. The Hall–Kier alpha value is -2.02. The van der Waals surface area contributed by atoms with Crippen LogP contribution >= 0.6 is 12.6 Å². The van der Waals surface area contributed by atoms with Crippen molar-refractivity contribution < 1.29 is 14.3 Å². The van der Waals surface area contributed by atoms with Gasteiger partial charge in [0.05, 0.1) is 6.04 Å². The van der Waals surface area contributed by atoms with E-state index < -0.39 is 6.09 Å². The molecule has 1 N–H and O–H groups in total. The lowest BCUT2D eigenvalue weighted by molar-refractivity contribution is 0.0908. The lowest BCUT2D eigenvalue weighted by Gasteiger charge is -2.23. The molecular formula is C15H19N3O3S. The summed E-state index contributed by atoms with van der Waals surface area (Å²) in [5, 5.41) is 2.87. The highest BCUT2D eigenvalue weighted by atomic mass is 32.1. The lowest BCUT2D eigenvalue weighted by atomic mass is 10.2. The first-order valence-corrected chi connectivity index (χ1v) is 7.55. The molecule has 1 aliphatic heterocycles. The van der Waals surface area contributed by atoms with Crippen LogP contribution in [0.3, 0.4) is 0 Å². The zero-order valence-corrected chi connectivity index (χ0v) is 13.0. The van der Waals surface area contributed by atoms with Crippen LogP contribution in [0.2, 0.25) is 0 Å². The number of pyridine rings is 1. The van der Waals surface area contributed by atoms with E-state index in [0.29, 0.717) is 25.2 Å². The summed E-state index contributed by atoms with van der Waals surface area (Å²) in [4.78, 5) is 29.5. The average Bonchev–Trinajstić information content (AvgIpc) is 2.92. The average molecular weight is 321 g/mol. The molecule has 22 heavy (non-hydrogen) atoms. The maximum atomic E-state index is 12.0. The highest BCUT2D eigenvalue weighted by Gasteiger charge is 2.34. The van der Waals surface area contributed by atoms with Crippen LogP contribution in [0, 0.1) is 0 Å². The van der Waals surface area contributed by atoms with Crippen molar-refractivity contribution in [3.8, 4) is 0 Å². The topological polar surface area (TPSA) is 71.5 Å². The quantitative estimate of drug-likeness (QED) is 0.637. The summed E-state index contributed by atoms with van der Waals surface area (Å²) in [5.41, 5.74) is 0.351. The number of rotatable bonds is 5. The first-order valence-electron chi connectivity index (χ1n) is 7.03. The summed E-state index contributed by atoms with van der Waals surface area (Å²) in [6.45, 7) is 4.52. The fraction of sp³-hybridized carbons (Fsp3) is 0.400. The van der Waals surface area contributed by atoms with Crippen molar-refractivity contribution in [3.63, 3.8) is 0 Å². The van der Waals surface area contributed by atoms with Gasteiger partial charge in [0.1, 0.15) is 12.3 Å². The molecule has 0 radical (unpaired) electrons. The van der Waals surface area contributed by atoms with E-state index >= 15 is 0 Å². The number of thiol groups is 1. The van der Waals surface area contributed by atoms with Gasteiger partial charge in [-0.3, -0.25) is 9.78 Å². The third-order valence-electron chi connectivity index (χ3n) is 3.35. The van der Waals surface area contributed by atoms with Crippen LogP contribution in [0.15, 0.2) is 37.1 Å². The molecule has 0 spiro atoms. The Morgan fingerprint density at radius 3 is 3.05 bits per heavy atom. The number of amides is 2. The van der Waals surface area contributed by atoms with Crippen molar-refractivity contribution in [3.05, 3.63) is 42.7 Å². The molecule has 0 aliphatic carbocycles. The fourth-order valence-electron chi connectivity index (χ4n) is 2.32. The Labute approximate surface area is 135 Å². The Bertz CT molecular complexity index is 538. The number of likely N-dealkylation sites (tertiary alicyclic amines) is 1. The van der Waals surface area contributed by atoms with Gasteiger partial charge in [-0.25, -0.2) is 4.79 Å². The third-order valence-corrected chi connectivity index (χ3v) is 3.72. The third kappa shape index (κ3) is 4.24. The number of hydrogen-bond acceptors (Lipinski definition) is 5. The maximum Gasteiger partial charge on any atom is 0.410 e. The van der Waals surface area contributed by atoms with Crippen molar-refractivity contribution in [2.24, 2.45) is 0 Å². The van der Waals surface area contributed by atoms with E-state index in [1.54, 1.807) is 29.3 Å². The van der Waals surface area contributed by atoms with Crippen LogP contribution in [0.1, 0.15) is 16.9 Å². The lowest BCUT2D eigenvalue weighted by Crippen LogP contribution is -2.43. The van der Waals surface area contributed by atoms with Crippen LogP contribution in [-0.2, 0) is 4.74 Å². The van der Waals surface area contributed by atoms with Crippen molar-refractivity contribution >= 4 is 24.6 Å². The number of carbonyl (C=O) groups is 2. The largest absolute Gasteiger partial charge is 0.445 e. The van der Waals surface area contributed by atoms with Gasteiger partial charge in [0.15, 0.2) is 0 Å². The van der Waals surface area contributed by atoms with Crippen molar-refractivity contribution in [1.82, 2.24) is 15.2 Å². The monoisotopic (exact) mass is 321 g/mol. The van der Waals surface area contributed by atoms with E-state index in [9.17, 15) is 9.59 Å². The molecule has 1 aliphatic rings. The minimum atomic E-state index is -0.409. The van der Waals surface area contributed by atoms with Crippen LogP contribution in [-0.4, -0.2) is 52.9 Å². The second-order valence-electron chi connectivity index (χ2n) is 4.99. The molecule has 0 bridgehead atoms. The number of ether oxygens (including phenoxy) is 1. The van der Waals surface area contributed by atoms with E-state index in [1.165, 1.54) is 6.08 Å². The summed E-state index contributed by atoms with van der Waals surface area (Å²) in [7, 11) is 0. The van der Waals surface area contributed by atoms with Gasteiger partial charge >= 0.3 is 6.09 Å². The molecule has 2 heterocycles. The first-order chi connectivity index (χ1) is 10.6. The Morgan fingerprint density at radius 1 is 1.55 bits per heavy atom. The van der Waals surface area contributed by atoms with Gasteiger partial charge in [0.2, 0.25) is 0 Å². The van der Waals surface area contributed by atoms with Crippen molar-refractivity contribution in [2.75, 3.05) is 19.7 Å². The van der Waals surface area contributed by atoms with E-state index in [0.717, 1.165) is 0 Å². The van der Waals surface area contributed by atoms with Gasteiger partial charge in [-0.15, -0.1) is 0 Å². The predicted molar refractivity (Wildman–Crippen MR) is 86.0 cm³/mol. The molecule has 1 aromatic rings. The zero-order chi connectivity index (χ0) is 15.9. The standard InChI is InChI=1S/C15H19N3O3S/c1-2-7-21-15(20)18-10-12(22)8-11(18)9-17-14(19)13-5-3-4-6-16-13/h2-6,11-12,22H,1,7-10H2,(H,17,19)/t11-,12-/m0/s1. The molecule has 2 rings (SSSR count). The molecule has 1 fully saturated rings. The van der Waals surface area contributed by atoms with E-state index in [2.05, 4.69) is 29.5 Å². The van der Waals surface area contributed by atoms with Crippen LogP contribution in [0.25, 0.3) is 0 Å². The highest BCUT2D eigenvalue weighted by molar-refractivity contribution is 7.81. The maximum absolute atomic E-state index is 12.0. The molecule has 118 valence electrons. The zero-order valence-electron chi connectivity index (χ0n) is 12.1. The smallest absolute Gasteiger partial charge is 0.410 e. The second-order valence-corrected chi connectivity index (χ2v) is 5.72. The fourth-order valence-corrected chi connectivity index (χ4v) is 2.74. The Morgan fingerprint density at radius 2 is 2.36 bits per heavy atom. The van der Waals surface area contributed by atoms with Gasteiger partial charge < -0.3 is 15.0 Å². The molecule has 1 saturated heterocycles. The van der Waals surface area contributed by atoms with Gasteiger partial charge in [-0.1, -0.05) is 18.7 Å². The molecule has 0 saturated carbocycles. The van der Waals surface area contributed by atoms with E-state index in [4.69, 9.17) is 4.74 Å². The molecule has 2 atom stereocenters. The van der Waals surface area contributed by atoms with Crippen molar-refractivity contribution in [1.29, 1.82) is 0 Å². The summed E-state index contributed by atoms with van der Waals surface area (Å²) in [6, 6.07) is 5.01. The molecule has 2 amide bonds. The Balaban J connectivity index is 1.91. The van der Waals surface area contributed by atoms with Crippen LogP contribution < -0.4 is 5.32 Å². The minimum Gasteiger partial charge on any atom is -0.445 e. The molecule has 6 nitrogen and oxygen atoms in total. The van der Waals surface area contributed by atoms with Gasteiger partial charge in [0, 0.05) is 24.5 Å². The van der Waals surface area contributed by atoms with Gasteiger partial charge in [0.25, 0.3) is 5.91 Å². The SMILES string of the molecule is C=CCOC(=O)N1C[C@@H](S)C[C@H]1CNC(=O)c1ccccn1. The molecule has 0 aromatic carbocycles. The molecule has 1 aromatic heterocycles.